The van der Waals surface area contributed by atoms with Crippen LogP contribution in [0.15, 0.2) is 133 Å². The van der Waals surface area contributed by atoms with E-state index in [1.165, 1.54) is 77.2 Å². The van der Waals surface area contributed by atoms with Gasteiger partial charge in [0.25, 0.3) is 0 Å². The van der Waals surface area contributed by atoms with Gasteiger partial charge in [-0.3, -0.25) is 0 Å². The van der Waals surface area contributed by atoms with Gasteiger partial charge in [-0.25, -0.2) is 0 Å². The smallest absolute Gasteiger partial charge is 0.0547 e. The first-order valence-electron chi connectivity index (χ1n) is 13.9. The van der Waals surface area contributed by atoms with Gasteiger partial charge in [0.15, 0.2) is 0 Å². The monoisotopic (exact) mass is 512 g/mol. The Kier molecular flexibility index (Phi) is 4.99. The maximum atomic E-state index is 2.41. The van der Waals surface area contributed by atoms with Crippen LogP contribution in [-0.4, -0.2) is 9.13 Å². The van der Waals surface area contributed by atoms with Crippen molar-refractivity contribution in [2.75, 3.05) is 0 Å². The number of rotatable bonds is 3. The van der Waals surface area contributed by atoms with Crippen LogP contribution in [0, 0.1) is 13.8 Å². The van der Waals surface area contributed by atoms with E-state index in [4.69, 9.17) is 0 Å². The number of hydrogen-bond donors (Lipinski definition) is 0. The molecule has 0 unspecified atom stereocenters. The summed E-state index contributed by atoms with van der Waals surface area (Å²) < 4.78 is 4.82. The van der Waals surface area contributed by atoms with Crippen LogP contribution in [0.4, 0.5) is 0 Å². The third-order valence-corrected chi connectivity index (χ3v) is 8.21. The van der Waals surface area contributed by atoms with Crippen molar-refractivity contribution in [1.82, 2.24) is 9.13 Å². The molecule has 0 spiro atoms. The summed E-state index contributed by atoms with van der Waals surface area (Å²) >= 11 is 0. The van der Waals surface area contributed by atoms with Crippen molar-refractivity contribution in [2.24, 2.45) is 0 Å². The Morgan fingerprint density at radius 3 is 1.23 bits per heavy atom. The quantitative estimate of drug-likeness (QED) is 0.223. The van der Waals surface area contributed by atoms with Crippen LogP contribution in [0.2, 0.25) is 0 Å². The van der Waals surface area contributed by atoms with Crippen LogP contribution in [-0.2, 0) is 0 Å². The minimum absolute atomic E-state index is 1.18. The van der Waals surface area contributed by atoms with Gasteiger partial charge in [-0.1, -0.05) is 83.9 Å². The van der Waals surface area contributed by atoms with Crippen molar-refractivity contribution in [1.29, 1.82) is 0 Å². The Labute approximate surface area is 233 Å². The summed E-state index contributed by atoms with van der Waals surface area (Å²) in [6.07, 6.45) is 0. The fraction of sp³-hybridized carbons (Fsp3) is 0.0526. The zero-order valence-corrected chi connectivity index (χ0v) is 22.6. The van der Waals surface area contributed by atoms with Crippen molar-refractivity contribution in [2.45, 2.75) is 13.8 Å². The standard InChI is InChI=1S/C38H28N2/c1-25-19-21-33-31(23-25)37-29(15-9-17-35(37)39(33)27-11-5-3-6-12-27)30-16-10-18-36-38(30)32-24-26(2)20-22-34(32)40(36)28-13-7-4-8-14-28/h3-24H,1-2H3. The Balaban J connectivity index is 1.54. The highest BCUT2D eigenvalue weighted by atomic mass is 15.0. The Bertz CT molecular complexity index is 2050. The molecular weight excluding hydrogens is 484 g/mol. The maximum absolute atomic E-state index is 2.41. The first-order valence-corrected chi connectivity index (χ1v) is 13.9. The van der Waals surface area contributed by atoms with E-state index >= 15 is 0 Å². The summed E-state index contributed by atoms with van der Waals surface area (Å²) in [7, 11) is 0. The van der Waals surface area contributed by atoms with E-state index in [0.29, 0.717) is 0 Å². The SMILES string of the molecule is Cc1ccc2c(c1)c1c(-c3cccc4c3c3cc(C)ccc3n4-c3ccccc3)cccc1n2-c1ccccc1. The van der Waals surface area contributed by atoms with Crippen molar-refractivity contribution < 1.29 is 0 Å². The van der Waals surface area contributed by atoms with Gasteiger partial charge in [-0.15, -0.1) is 0 Å². The fourth-order valence-electron chi connectivity index (χ4n) is 6.53. The van der Waals surface area contributed by atoms with E-state index in [-0.39, 0.29) is 0 Å². The average Bonchev–Trinajstić information content (AvgIpc) is 3.50. The molecule has 0 saturated heterocycles. The molecule has 8 aromatic rings. The highest BCUT2D eigenvalue weighted by Gasteiger charge is 2.20. The normalized spacial score (nSPS) is 11.8. The van der Waals surface area contributed by atoms with Gasteiger partial charge >= 0.3 is 0 Å². The van der Waals surface area contributed by atoms with Crippen LogP contribution in [0.3, 0.4) is 0 Å². The Morgan fingerprint density at radius 2 is 0.800 bits per heavy atom. The summed E-state index contributed by atoms with van der Waals surface area (Å²) in [6.45, 7) is 4.37. The second-order valence-corrected chi connectivity index (χ2v) is 10.8. The molecule has 190 valence electrons. The number of aryl methyl sites for hydroxylation is 2. The zero-order valence-electron chi connectivity index (χ0n) is 22.6. The van der Waals surface area contributed by atoms with Gasteiger partial charge in [0.05, 0.1) is 22.1 Å². The van der Waals surface area contributed by atoms with Gasteiger partial charge in [-0.05, 0) is 85.6 Å². The number of para-hydroxylation sites is 2. The van der Waals surface area contributed by atoms with Crippen LogP contribution in [0.25, 0.3) is 66.1 Å². The molecular formula is C38H28N2. The molecule has 0 amide bonds. The maximum Gasteiger partial charge on any atom is 0.0547 e. The molecule has 0 bridgehead atoms. The number of aromatic nitrogens is 2. The minimum atomic E-state index is 1.18. The van der Waals surface area contributed by atoms with E-state index in [0.717, 1.165) is 0 Å². The molecule has 0 aliphatic carbocycles. The minimum Gasteiger partial charge on any atom is -0.309 e. The molecule has 2 aromatic heterocycles. The van der Waals surface area contributed by atoms with Gasteiger partial charge < -0.3 is 9.13 Å². The third-order valence-electron chi connectivity index (χ3n) is 8.21. The van der Waals surface area contributed by atoms with E-state index in [9.17, 15) is 0 Å². The molecule has 2 nitrogen and oxygen atoms in total. The third kappa shape index (κ3) is 3.29. The van der Waals surface area contributed by atoms with E-state index in [1.54, 1.807) is 0 Å². The molecule has 0 aliphatic rings. The number of hydrogen-bond acceptors (Lipinski definition) is 0. The molecule has 0 N–H and O–H groups in total. The van der Waals surface area contributed by atoms with Crippen LogP contribution in [0.1, 0.15) is 11.1 Å². The number of benzene rings is 6. The van der Waals surface area contributed by atoms with Crippen molar-refractivity contribution in [3.8, 4) is 22.5 Å². The molecule has 0 atom stereocenters. The topological polar surface area (TPSA) is 9.86 Å². The summed E-state index contributed by atoms with van der Waals surface area (Å²) in [5.41, 5.74) is 12.3. The number of nitrogens with zero attached hydrogens (tertiary/aromatic N) is 2. The molecule has 2 heterocycles. The fourth-order valence-corrected chi connectivity index (χ4v) is 6.53. The van der Waals surface area contributed by atoms with Gasteiger partial charge in [0.2, 0.25) is 0 Å². The predicted octanol–water partition coefficient (Wildman–Crippen LogP) is 10.2. The summed E-state index contributed by atoms with van der Waals surface area (Å²) in [5, 5.41) is 5.17. The summed E-state index contributed by atoms with van der Waals surface area (Å²) in [6, 6.07) is 48.6. The predicted molar refractivity (Wildman–Crippen MR) is 170 cm³/mol. The highest BCUT2D eigenvalue weighted by Crippen LogP contribution is 2.44. The average molecular weight is 513 g/mol. The number of fused-ring (bicyclic) bond motifs is 6. The van der Waals surface area contributed by atoms with Gasteiger partial charge in [0, 0.05) is 32.9 Å². The van der Waals surface area contributed by atoms with Crippen LogP contribution in [0.5, 0.6) is 0 Å². The lowest BCUT2D eigenvalue weighted by molar-refractivity contribution is 1.18. The zero-order chi connectivity index (χ0) is 26.8. The summed E-state index contributed by atoms with van der Waals surface area (Å²) in [4.78, 5) is 0. The lowest BCUT2D eigenvalue weighted by Crippen LogP contribution is -1.93. The first-order chi connectivity index (χ1) is 19.7. The van der Waals surface area contributed by atoms with E-state index in [1.807, 2.05) is 0 Å². The van der Waals surface area contributed by atoms with Gasteiger partial charge in [0.1, 0.15) is 0 Å². The van der Waals surface area contributed by atoms with Crippen molar-refractivity contribution >= 4 is 43.6 Å². The molecule has 0 saturated carbocycles. The Hall–Kier alpha value is -5.08. The molecule has 0 fully saturated rings. The highest BCUT2D eigenvalue weighted by molar-refractivity contribution is 6.22. The van der Waals surface area contributed by atoms with E-state index in [2.05, 4.69) is 156 Å². The van der Waals surface area contributed by atoms with Gasteiger partial charge in [-0.2, -0.15) is 0 Å². The molecule has 8 rings (SSSR count). The lowest BCUT2D eigenvalue weighted by atomic mass is 9.95. The molecule has 2 heteroatoms. The molecule has 6 aromatic carbocycles. The summed E-state index contributed by atoms with van der Waals surface area (Å²) in [5.74, 6) is 0. The Morgan fingerprint density at radius 1 is 0.375 bits per heavy atom. The van der Waals surface area contributed by atoms with Crippen LogP contribution < -0.4 is 0 Å². The van der Waals surface area contributed by atoms with Crippen LogP contribution >= 0.6 is 0 Å². The lowest BCUT2D eigenvalue weighted by Gasteiger charge is -2.10. The van der Waals surface area contributed by atoms with E-state index < -0.39 is 0 Å². The van der Waals surface area contributed by atoms with Crippen molar-refractivity contribution in [3.05, 3.63) is 145 Å². The van der Waals surface area contributed by atoms with Crippen molar-refractivity contribution in [3.63, 3.8) is 0 Å². The molecule has 0 aliphatic heterocycles. The first kappa shape index (κ1) is 22.9. The largest absolute Gasteiger partial charge is 0.309 e. The molecule has 40 heavy (non-hydrogen) atoms. The molecule has 0 radical (unpaired) electrons. The second kappa shape index (κ2) is 8.72. The second-order valence-electron chi connectivity index (χ2n) is 10.8.